The molecule has 1 aromatic carbocycles. The molecule has 0 aromatic heterocycles. The Morgan fingerprint density at radius 1 is 1.58 bits per heavy atom. The second kappa shape index (κ2) is 3.96. The Balaban J connectivity index is 3.11. The van der Waals surface area contributed by atoms with Crippen LogP contribution in [0.3, 0.4) is 0 Å². The highest BCUT2D eigenvalue weighted by molar-refractivity contribution is 6.32. The van der Waals surface area contributed by atoms with Crippen molar-refractivity contribution >= 4 is 17.3 Å². The van der Waals surface area contributed by atoms with E-state index in [4.69, 9.17) is 16.9 Å². The third-order valence-electron chi connectivity index (χ3n) is 1.34. The number of rotatable bonds is 2. The van der Waals surface area contributed by atoms with Crippen LogP contribution < -0.4 is 5.48 Å². The number of hydrogen-bond donors (Lipinski definition) is 1. The molecule has 1 aromatic rings. The van der Waals surface area contributed by atoms with Crippen molar-refractivity contribution in [3.05, 3.63) is 28.8 Å². The SMILES string of the molecule is CONc1cccc(Cl)c1C#N. The van der Waals surface area contributed by atoms with Gasteiger partial charge in [0.15, 0.2) is 0 Å². The van der Waals surface area contributed by atoms with E-state index in [-0.39, 0.29) is 0 Å². The predicted octanol–water partition coefficient (Wildman–Crippen LogP) is 2.18. The summed E-state index contributed by atoms with van der Waals surface area (Å²) in [4.78, 5) is 4.67. The summed E-state index contributed by atoms with van der Waals surface area (Å²) in [5.74, 6) is 0. The molecule has 1 rings (SSSR count). The molecule has 0 aliphatic carbocycles. The summed E-state index contributed by atoms with van der Waals surface area (Å²) >= 11 is 5.75. The molecule has 0 radical (unpaired) electrons. The second-order valence-corrected chi connectivity index (χ2v) is 2.49. The van der Waals surface area contributed by atoms with E-state index >= 15 is 0 Å². The van der Waals surface area contributed by atoms with E-state index in [1.807, 2.05) is 6.07 Å². The highest BCUT2D eigenvalue weighted by Crippen LogP contribution is 2.22. The summed E-state index contributed by atoms with van der Waals surface area (Å²) < 4.78 is 0. The Hall–Kier alpha value is -1.24. The van der Waals surface area contributed by atoms with Gasteiger partial charge < -0.3 is 0 Å². The normalized spacial score (nSPS) is 9.08. The molecule has 0 unspecified atom stereocenters. The Labute approximate surface area is 75.5 Å². The van der Waals surface area contributed by atoms with Gasteiger partial charge in [-0.1, -0.05) is 17.7 Å². The van der Waals surface area contributed by atoms with E-state index < -0.39 is 0 Å². The molecule has 0 spiro atoms. The van der Waals surface area contributed by atoms with Crippen molar-refractivity contribution in [3.8, 4) is 6.07 Å². The number of nitrogens with zero attached hydrogens (tertiary/aromatic N) is 1. The lowest BCUT2D eigenvalue weighted by Crippen LogP contribution is -1.98. The number of halogens is 1. The van der Waals surface area contributed by atoms with Crippen LogP contribution in [0.4, 0.5) is 5.69 Å². The molecule has 0 aliphatic heterocycles. The number of benzene rings is 1. The lowest BCUT2D eigenvalue weighted by molar-refractivity contribution is 0.271. The summed E-state index contributed by atoms with van der Waals surface area (Å²) in [6.07, 6.45) is 0. The highest BCUT2D eigenvalue weighted by atomic mass is 35.5. The molecular formula is C8H7ClN2O. The average Bonchev–Trinajstić information content (AvgIpc) is 2.05. The van der Waals surface area contributed by atoms with Crippen LogP contribution in [0.1, 0.15) is 5.56 Å². The minimum absolute atomic E-state index is 0.390. The molecule has 0 fully saturated rings. The monoisotopic (exact) mass is 182 g/mol. The molecule has 3 nitrogen and oxygen atoms in total. The summed E-state index contributed by atoms with van der Waals surface area (Å²) in [6, 6.07) is 7.08. The molecular weight excluding hydrogens is 176 g/mol. The van der Waals surface area contributed by atoms with Gasteiger partial charge in [-0.05, 0) is 12.1 Å². The first-order valence-electron chi connectivity index (χ1n) is 3.27. The summed E-state index contributed by atoms with van der Waals surface area (Å²) in [7, 11) is 1.47. The zero-order chi connectivity index (χ0) is 8.97. The molecule has 0 amide bonds. The van der Waals surface area contributed by atoms with Gasteiger partial charge in [-0.25, -0.2) is 0 Å². The van der Waals surface area contributed by atoms with Gasteiger partial charge >= 0.3 is 0 Å². The molecule has 0 atom stereocenters. The van der Waals surface area contributed by atoms with Crippen molar-refractivity contribution in [2.45, 2.75) is 0 Å². The van der Waals surface area contributed by atoms with Crippen LogP contribution in [0, 0.1) is 11.3 Å². The predicted molar refractivity (Wildman–Crippen MR) is 46.8 cm³/mol. The first-order valence-corrected chi connectivity index (χ1v) is 3.65. The van der Waals surface area contributed by atoms with E-state index in [1.165, 1.54) is 7.11 Å². The van der Waals surface area contributed by atoms with Crippen LogP contribution in [0.15, 0.2) is 18.2 Å². The van der Waals surface area contributed by atoms with Crippen LogP contribution in [0.2, 0.25) is 5.02 Å². The van der Waals surface area contributed by atoms with Crippen LogP contribution in [-0.4, -0.2) is 7.11 Å². The molecule has 0 heterocycles. The maximum absolute atomic E-state index is 8.70. The molecule has 0 aliphatic rings. The molecule has 12 heavy (non-hydrogen) atoms. The molecule has 62 valence electrons. The van der Waals surface area contributed by atoms with Crippen molar-refractivity contribution in [1.29, 1.82) is 5.26 Å². The van der Waals surface area contributed by atoms with Crippen LogP contribution in [0.25, 0.3) is 0 Å². The summed E-state index contributed by atoms with van der Waals surface area (Å²) in [5.41, 5.74) is 3.53. The van der Waals surface area contributed by atoms with E-state index in [2.05, 4.69) is 10.3 Å². The van der Waals surface area contributed by atoms with E-state index in [1.54, 1.807) is 18.2 Å². The zero-order valence-electron chi connectivity index (χ0n) is 6.47. The fourth-order valence-electron chi connectivity index (χ4n) is 0.833. The van der Waals surface area contributed by atoms with Crippen LogP contribution in [0.5, 0.6) is 0 Å². The fraction of sp³-hybridized carbons (Fsp3) is 0.125. The quantitative estimate of drug-likeness (QED) is 0.714. The summed E-state index contributed by atoms with van der Waals surface area (Å²) in [6.45, 7) is 0. The first kappa shape index (κ1) is 8.85. The van der Waals surface area contributed by atoms with Gasteiger partial charge in [0.2, 0.25) is 0 Å². The van der Waals surface area contributed by atoms with Crippen molar-refractivity contribution in [1.82, 2.24) is 0 Å². The molecule has 1 N–H and O–H groups in total. The third kappa shape index (κ3) is 1.67. The highest BCUT2D eigenvalue weighted by Gasteiger charge is 2.04. The van der Waals surface area contributed by atoms with E-state index in [9.17, 15) is 0 Å². The number of anilines is 1. The molecule has 0 bridgehead atoms. The lowest BCUT2D eigenvalue weighted by atomic mass is 10.2. The smallest absolute Gasteiger partial charge is 0.103 e. The lowest BCUT2D eigenvalue weighted by Gasteiger charge is -2.05. The van der Waals surface area contributed by atoms with E-state index in [0.717, 1.165) is 0 Å². The molecule has 4 heteroatoms. The topological polar surface area (TPSA) is 45.0 Å². The average molecular weight is 183 g/mol. The largest absolute Gasteiger partial charge is 0.279 e. The van der Waals surface area contributed by atoms with Crippen LogP contribution >= 0.6 is 11.6 Å². The number of hydrogen-bond acceptors (Lipinski definition) is 3. The molecule has 0 saturated carbocycles. The Kier molecular flexibility index (Phi) is 2.92. The van der Waals surface area contributed by atoms with Gasteiger partial charge in [-0.15, -0.1) is 0 Å². The van der Waals surface area contributed by atoms with Gasteiger partial charge in [0, 0.05) is 0 Å². The minimum Gasteiger partial charge on any atom is -0.279 e. The maximum atomic E-state index is 8.70. The first-order chi connectivity index (χ1) is 5.79. The molecule has 0 saturated heterocycles. The van der Waals surface area contributed by atoms with E-state index in [0.29, 0.717) is 16.3 Å². The van der Waals surface area contributed by atoms with Gasteiger partial charge in [-0.2, -0.15) is 5.26 Å². The Bertz CT molecular complexity index is 319. The Morgan fingerprint density at radius 2 is 2.33 bits per heavy atom. The minimum atomic E-state index is 0.390. The second-order valence-electron chi connectivity index (χ2n) is 2.08. The fourth-order valence-corrected chi connectivity index (χ4v) is 1.05. The number of nitrogens with one attached hydrogen (secondary N) is 1. The maximum Gasteiger partial charge on any atom is 0.103 e. The summed E-state index contributed by atoms with van der Waals surface area (Å²) in [5, 5.41) is 9.11. The third-order valence-corrected chi connectivity index (χ3v) is 1.65. The van der Waals surface area contributed by atoms with Gasteiger partial charge in [0.05, 0.1) is 23.4 Å². The van der Waals surface area contributed by atoms with Gasteiger partial charge in [-0.3, -0.25) is 10.3 Å². The zero-order valence-corrected chi connectivity index (χ0v) is 7.22. The number of nitriles is 1. The Morgan fingerprint density at radius 3 is 2.92 bits per heavy atom. The van der Waals surface area contributed by atoms with Crippen molar-refractivity contribution < 1.29 is 4.84 Å². The van der Waals surface area contributed by atoms with Crippen molar-refractivity contribution in [2.24, 2.45) is 0 Å². The van der Waals surface area contributed by atoms with Gasteiger partial charge in [0.25, 0.3) is 0 Å². The van der Waals surface area contributed by atoms with Crippen molar-refractivity contribution in [2.75, 3.05) is 12.6 Å². The van der Waals surface area contributed by atoms with Crippen LogP contribution in [-0.2, 0) is 4.84 Å². The van der Waals surface area contributed by atoms with Gasteiger partial charge in [0.1, 0.15) is 6.07 Å². The van der Waals surface area contributed by atoms with Crippen molar-refractivity contribution in [3.63, 3.8) is 0 Å². The standard InChI is InChI=1S/C8H7ClN2O/c1-12-11-8-4-2-3-7(9)6(8)5-10/h2-4,11H,1H3.